The Kier molecular flexibility index (Phi) is 5.14. The summed E-state index contributed by atoms with van der Waals surface area (Å²) >= 11 is 0. The van der Waals surface area contributed by atoms with Gasteiger partial charge in [0.1, 0.15) is 16.2 Å². The summed E-state index contributed by atoms with van der Waals surface area (Å²) in [5, 5.41) is 12.0. The Hall–Kier alpha value is -2.13. The Morgan fingerprint density at radius 3 is 2.38 bits per heavy atom. The maximum absolute atomic E-state index is 12.4. The summed E-state index contributed by atoms with van der Waals surface area (Å²) in [7, 11) is -1.26. The molecule has 2 rings (SSSR count). The second-order valence-electron chi connectivity index (χ2n) is 5.62. The lowest BCUT2D eigenvalue weighted by molar-refractivity contribution is -0.144. The number of carbonyl (C=O) groups is 2. The van der Waals surface area contributed by atoms with Gasteiger partial charge in [-0.25, -0.2) is 17.9 Å². The number of benzene rings is 1. The minimum absolute atomic E-state index is 0.0529. The average molecular weight is 356 g/mol. The molecule has 24 heavy (non-hydrogen) atoms. The molecule has 0 unspecified atom stereocenters. The van der Waals surface area contributed by atoms with Crippen LogP contribution in [0.4, 0.5) is 0 Å². The fourth-order valence-electron chi connectivity index (χ4n) is 2.80. The van der Waals surface area contributed by atoms with Crippen LogP contribution >= 0.6 is 0 Å². The Morgan fingerprint density at radius 1 is 1.25 bits per heavy atom. The van der Waals surface area contributed by atoms with Gasteiger partial charge < -0.3 is 15.2 Å². The first kappa shape index (κ1) is 18.2. The molecule has 0 aromatic heterocycles. The van der Waals surface area contributed by atoms with Crippen LogP contribution in [-0.4, -0.2) is 45.1 Å². The number of hydrogen-bond donors (Lipinski definition) is 3. The highest BCUT2D eigenvalue weighted by atomic mass is 32.2. The van der Waals surface area contributed by atoms with E-state index in [0.29, 0.717) is 25.7 Å². The highest BCUT2D eigenvalue weighted by Gasteiger charge is 2.42. The van der Waals surface area contributed by atoms with E-state index < -0.39 is 27.4 Å². The first-order chi connectivity index (χ1) is 11.3. The number of carboxylic acids is 1. The molecular formula is C15H20N2O6S. The second kappa shape index (κ2) is 6.78. The average Bonchev–Trinajstić information content (AvgIpc) is 3.04. The minimum Gasteiger partial charge on any atom is -0.495 e. The SMILES string of the molecule is CNS(=O)(=O)c1cc(C(=O)NC2(C(=O)O)CCCC2)ccc1OC. The molecule has 0 atom stereocenters. The van der Waals surface area contributed by atoms with Crippen LogP contribution < -0.4 is 14.8 Å². The maximum atomic E-state index is 12.4. The van der Waals surface area contributed by atoms with E-state index in [1.54, 1.807) is 0 Å². The number of carboxylic acid groups (broad SMARTS) is 1. The zero-order valence-corrected chi connectivity index (χ0v) is 14.3. The number of hydrogen-bond acceptors (Lipinski definition) is 5. The number of ether oxygens (including phenoxy) is 1. The summed E-state index contributed by atoms with van der Waals surface area (Å²) < 4.78 is 31.3. The van der Waals surface area contributed by atoms with Crippen molar-refractivity contribution in [2.75, 3.05) is 14.2 Å². The molecule has 132 valence electrons. The van der Waals surface area contributed by atoms with Gasteiger partial charge in [0.2, 0.25) is 10.0 Å². The third-order valence-corrected chi connectivity index (χ3v) is 5.64. The van der Waals surface area contributed by atoms with E-state index in [2.05, 4.69) is 10.0 Å². The molecular weight excluding hydrogens is 336 g/mol. The van der Waals surface area contributed by atoms with E-state index in [4.69, 9.17) is 4.74 Å². The van der Waals surface area contributed by atoms with Gasteiger partial charge in [-0.15, -0.1) is 0 Å². The van der Waals surface area contributed by atoms with Crippen molar-refractivity contribution in [1.82, 2.24) is 10.0 Å². The molecule has 3 N–H and O–H groups in total. The normalized spacial score (nSPS) is 16.6. The summed E-state index contributed by atoms with van der Waals surface area (Å²) in [4.78, 5) is 23.8. The molecule has 1 aromatic carbocycles. The largest absolute Gasteiger partial charge is 0.495 e. The van der Waals surface area contributed by atoms with Gasteiger partial charge >= 0.3 is 5.97 Å². The molecule has 9 heteroatoms. The Bertz CT molecular complexity index is 753. The van der Waals surface area contributed by atoms with E-state index in [9.17, 15) is 23.1 Å². The van der Waals surface area contributed by atoms with E-state index in [0.717, 1.165) is 0 Å². The number of sulfonamides is 1. The van der Waals surface area contributed by atoms with Crippen LogP contribution in [0.25, 0.3) is 0 Å². The maximum Gasteiger partial charge on any atom is 0.329 e. The molecule has 1 aliphatic rings. The van der Waals surface area contributed by atoms with Gasteiger partial charge in [-0.3, -0.25) is 4.79 Å². The van der Waals surface area contributed by atoms with Crippen LogP contribution in [0.1, 0.15) is 36.0 Å². The van der Waals surface area contributed by atoms with Gasteiger partial charge in [-0.05, 0) is 38.1 Å². The number of carbonyl (C=O) groups excluding carboxylic acids is 1. The molecule has 1 aromatic rings. The van der Waals surface area contributed by atoms with Crippen molar-refractivity contribution < 1.29 is 27.9 Å². The van der Waals surface area contributed by atoms with Crippen LogP contribution in [-0.2, 0) is 14.8 Å². The number of methoxy groups -OCH3 is 1. The molecule has 8 nitrogen and oxygen atoms in total. The predicted molar refractivity (Wildman–Crippen MR) is 85.5 cm³/mol. The van der Waals surface area contributed by atoms with Crippen molar-refractivity contribution in [1.29, 1.82) is 0 Å². The van der Waals surface area contributed by atoms with Crippen LogP contribution in [0.15, 0.2) is 23.1 Å². The third-order valence-electron chi connectivity index (χ3n) is 4.20. The third kappa shape index (κ3) is 3.36. The van der Waals surface area contributed by atoms with Crippen LogP contribution in [0.2, 0.25) is 0 Å². The molecule has 0 spiro atoms. The van der Waals surface area contributed by atoms with E-state index in [1.807, 2.05) is 0 Å². The highest BCUT2D eigenvalue weighted by Crippen LogP contribution is 2.31. The monoisotopic (exact) mass is 356 g/mol. The van der Waals surface area contributed by atoms with Crippen LogP contribution in [0, 0.1) is 0 Å². The molecule has 1 amide bonds. The summed E-state index contributed by atoms with van der Waals surface area (Å²) in [6.07, 6.45) is 2.14. The van der Waals surface area contributed by atoms with Gasteiger partial charge in [-0.2, -0.15) is 0 Å². The molecule has 1 aliphatic carbocycles. The lowest BCUT2D eigenvalue weighted by Gasteiger charge is -2.25. The lowest BCUT2D eigenvalue weighted by Crippen LogP contribution is -2.52. The van der Waals surface area contributed by atoms with Crippen molar-refractivity contribution in [2.24, 2.45) is 0 Å². The van der Waals surface area contributed by atoms with Crippen molar-refractivity contribution in [3.05, 3.63) is 23.8 Å². The number of nitrogens with one attached hydrogen (secondary N) is 2. The first-order valence-corrected chi connectivity index (χ1v) is 8.91. The first-order valence-electron chi connectivity index (χ1n) is 7.43. The van der Waals surface area contributed by atoms with Crippen molar-refractivity contribution in [3.63, 3.8) is 0 Å². The molecule has 1 fully saturated rings. The van der Waals surface area contributed by atoms with Crippen LogP contribution in [0.3, 0.4) is 0 Å². The molecule has 0 aliphatic heterocycles. The number of amides is 1. The number of aliphatic carboxylic acids is 1. The summed E-state index contributed by atoms with van der Waals surface area (Å²) in [6.45, 7) is 0. The molecule has 0 saturated heterocycles. The topological polar surface area (TPSA) is 122 Å². The van der Waals surface area contributed by atoms with Gasteiger partial charge in [-0.1, -0.05) is 12.8 Å². The fraction of sp³-hybridized carbons (Fsp3) is 0.467. The zero-order chi connectivity index (χ0) is 18.0. The minimum atomic E-state index is -3.83. The standard InChI is InChI=1S/C15H20N2O6S/c1-16-24(21,22)12-9-10(5-6-11(12)23-2)13(18)17-15(14(19)20)7-3-4-8-15/h5-6,9,16H,3-4,7-8H2,1-2H3,(H,17,18)(H,19,20). The molecule has 0 radical (unpaired) electrons. The van der Waals surface area contributed by atoms with E-state index in [1.165, 1.54) is 32.4 Å². The van der Waals surface area contributed by atoms with Gasteiger partial charge in [0.25, 0.3) is 5.91 Å². The van der Waals surface area contributed by atoms with Crippen molar-refractivity contribution in [3.8, 4) is 5.75 Å². The van der Waals surface area contributed by atoms with Crippen LogP contribution in [0.5, 0.6) is 5.75 Å². The summed E-state index contributed by atoms with van der Waals surface area (Å²) in [5.41, 5.74) is -1.24. The summed E-state index contributed by atoms with van der Waals surface area (Å²) in [6, 6.07) is 3.93. The van der Waals surface area contributed by atoms with Gasteiger partial charge in [0.15, 0.2) is 0 Å². The van der Waals surface area contributed by atoms with Crippen molar-refractivity contribution in [2.45, 2.75) is 36.1 Å². The van der Waals surface area contributed by atoms with E-state index >= 15 is 0 Å². The lowest BCUT2D eigenvalue weighted by atomic mass is 9.97. The highest BCUT2D eigenvalue weighted by molar-refractivity contribution is 7.89. The molecule has 1 saturated carbocycles. The van der Waals surface area contributed by atoms with Crippen molar-refractivity contribution >= 4 is 21.9 Å². The number of rotatable bonds is 6. The zero-order valence-electron chi connectivity index (χ0n) is 13.5. The fourth-order valence-corrected chi connectivity index (χ4v) is 3.72. The molecule has 0 bridgehead atoms. The Balaban J connectivity index is 2.37. The molecule has 0 heterocycles. The van der Waals surface area contributed by atoms with E-state index in [-0.39, 0.29) is 16.2 Å². The van der Waals surface area contributed by atoms with Gasteiger partial charge in [0.05, 0.1) is 7.11 Å². The Labute approximate surface area is 140 Å². The van der Waals surface area contributed by atoms with Gasteiger partial charge in [0, 0.05) is 5.56 Å². The Morgan fingerprint density at radius 2 is 1.88 bits per heavy atom. The second-order valence-corrected chi connectivity index (χ2v) is 7.48. The smallest absolute Gasteiger partial charge is 0.329 e. The quantitative estimate of drug-likeness (QED) is 0.691. The summed E-state index contributed by atoms with van der Waals surface area (Å²) in [5.74, 6) is -1.62. The predicted octanol–water partition coefficient (Wildman–Crippen LogP) is 0.731.